The molecule has 1 aliphatic heterocycles. The zero-order valence-electron chi connectivity index (χ0n) is 11.7. The fourth-order valence-electron chi connectivity index (χ4n) is 2.75. The number of benzene rings is 1. The van der Waals surface area contributed by atoms with Gasteiger partial charge in [0.15, 0.2) is 0 Å². The number of pyridine rings is 1. The maximum atomic E-state index is 10.2. The summed E-state index contributed by atoms with van der Waals surface area (Å²) in [6, 6.07) is 6.42. The Balaban J connectivity index is 2.19. The van der Waals surface area contributed by atoms with Crippen molar-refractivity contribution in [3.05, 3.63) is 59.4 Å². The zero-order chi connectivity index (χ0) is 15.0. The minimum Gasteiger partial charge on any atom is -0.508 e. The van der Waals surface area contributed by atoms with Crippen LogP contribution in [0.2, 0.25) is 0 Å². The van der Waals surface area contributed by atoms with E-state index < -0.39 is 0 Å². The van der Waals surface area contributed by atoms with Gasteiger partial charge in [0.25, 0.3) is 0 Å². The number of nitrogens with zero attached hydrogens (tertiary/aromatic N) is 2. The summed E-state index contributed by atoms with van der Waals surface area (Å²) in [6.45, 7) is 0.658. The van der Waals surface area contributed by atoms with Crippen LogP contribution in [0.25, 0.3) is 5.70 Å². The maximum absolute atomic E-state index is 10.2. The van der Waals surface area contributed by atoms with E-state index in [1.54, 1.807) is 24.5 Å². The van der Waals surface area contributed by atoms with Crippen molar-refractivity contribution in [1.29, 1.82) is 0 Å². The molecule has 1 aromatic carbocycles. The topological polar surface area (TPSA) is 82.6 Å². The molecule has 0 radical (unpaired) electrons. The fourth-order valence-corrected chi connectivity index (χ4v) is 2.75. The smallest absolute Gasteiger partial charge is 0.124 e. The van der Waals surface area contributed by atoms with Gasteiger partial charge in [-0.25, -0.2) is 0 Å². The molecule has 0 amide bonds. The summed E-state index contributed by atoms with van der Waals surface area (Å²) in [5, 5.41) is 19.7. The molecular formula is C16H17N3O2. The number of phenols is 2. The Bertz CT molecular complexity index is 712. The van der Waals surface area contributed by atoms with Gasteiger partial charge < -0.3 is 15.9 Å². The minimum atomic E-state index is -0.152. The van der Waals surface area contributed by atoms with Gasteiger partial charge in [0.1, 0.15) is 11.5 Å². The fraction of sp³-hybridized carbons (Fsp3) is 0.188. The molecule has 108 valence electrons. The van der Waals surface area contributed by atoms with Crippen molar-refractivity contribution in [2.75, 3.05) is 13.6 Å². The number of likely N-dealkylation sites (N-methyl/N-ethyl adjacent to an activating group) is 1. The molecule has 0 saturated carbocycles. The Morgan fingerprint density at radius 2 is 2.05 bits per heavy atom. The van der Waals surface area contributed by atoms with E-state index in [2.05, 4.69) is 9.88 Å². The third-order valence-corrected chi connectivity index (χ3v) is 3.81. The lowest BCUT2D eigenvalue weighted by atomic mass is 9.94. The van der Waals surface area contributed by atoms with Crippen molar-refractivity contribution >= 4 is 5.70 Å². The van der Waals surface area contributed by atoms with Crippen molar-refractivity contribution in [3.8, 4) is 11.5 Å². The average Bonchev–Trinajstić information content (AvgIpc) is 2.59. The van der Waals surface area contributed by atoms with Gasteiger partial charge >= 0.3 is 0 Å². The van der Waals surface area contributed by atoms with Crippen LogP contribution in [0.15, 0.2) is 42.7 Å². The van der Waals surface area contributed by atoms with Gasteiger partial charge in [-0.3, -0.25) is 9.88 Å². The van der Waals surface area contributed by atoms with Crippen molar-refractivity contribution in [1.82, 2.24) is 9.88 Å². The van der Waals surface area contributed by atoms with Crippen molar-refractivity contribution in [2.24, 2.45) is 5.73 Å². The summed E-state index contributed by atoms with van der Waals surface area (Å²) in [5.74, 6) is 0.107. The largest absolute Gasteiger partial charge is 0.508 e. The van der Waals surface area contributed by atoms with E-state index in [0.29, 0.717) is 12.2 Å². The zero-order valence-corrected chi connectivity index (χ0v) is 11.7. The molecule has 2 aromatic rings. The number of aromatic nitrogens is 1. The highest BCUT2D eigenvalue weighted by Crippen LogP contribution is 2.38. The lowest BCUT2D eigenvalue weighted by molar-refractivity contribution is 0.302. The second-order valence-corrected chi connectivity index (χ2v) is 5.21. The minimum absolute atomic E-state index is 0.0418. The van der Waals surface area contributed by atoms with Gasteiger partial charge in [0, 0.05) is 41.8 Å². The molecule has 1 unspecified atom stereocenters. The molecule has 1 atom stereocenters. The van der Waals surface area contributed by atoms with Crippen LogP contribution < -0.4 is 5.73 Å². The van der Waals surface area contributed by atoms with E-state index in [1.807, 2.05) is 19.2 Å². The lowest BCUT2D eigenvalue weighted by Gasteiger charge is -2.28. The standard InChI is InChI=1S/C16H17N3O2/c1-19-7-5-14(17)13-9-18-6-4-11(13)16(19)12-3-2-10(20)8-15(12)21/h2-6,8-9,16,20-21H,7,17H2,1H3. The van der Waals surface area contributed by atoms with Crippen LogP contribution in [0.5, 0.6) is 11.5 Å². The van der Waals surface area contributed by atoms with Gasteiger partial charge in [-0.1, -0.05) is 0 Å². The molecule has 0 aliphatic carbocycles. The molecule has 0 fully saturated rings. The normalized spacial score (nSPS) is 18.7. The number of nitrogens with two attached hydrogens (primary N) is 1. The van der Waals surface area contributed by atoms with Crippen molar-refractivity contribution in [3.63, 3.8) is 0 Å². The van der Waals surface area contributed by atoms with Crippen LogP contribution in [-0.2, 0) is 0 Å². The van der Waals surface area contributed by atoms with Gasteiger partial charge in [-0.15, -0.1) is 0 Å². The molecule has 3 rings (SSSR count). The molecule has 0 saturated heterocycles. The van der Waals surface area contributed by atoms with Crippen LogP contribution in [0.3, 0.4) is 0 Å². The third kappa shape index (κ3) is 2.32. The summed E-state index contributed by atoms with van der Waals surface area (Å²) < 4.78 is 0. The van der Waals surface area contributed by atoms with Crippen LogP contribution in [0, 0.1) is 0 Å². The lowest BCUT2D eigenvalue weighted by Crippen LogP contribution is -2.25. The Morgan fingerprint density at radius 3 is 2.81 bits per heavy atom. The average molecular weight is 283 g/mol. The first-order chi connectivity index (χ1) is 10.1. The summed E-state index contributed by atoms with van der Waals surface area (Å²) >= 11 is 0. The number of rotatable bonds is 1. The van der Waals surface area contributed by atoms with E-state index in [4.69, 9.17) is 5.73 Å². The third-order valence-electron chi connectivity index (χ3n) is 3.81. The van der Waals surface area contributed by atoms with E-state index >= 15 is 0 Å². The first kappa shape index (κ1) is 13.5. The van der Waals surface area contributed by atoms with Gasteiger partial charge in [-0.05, 0) is 36.9 Å². The SMILES string of the molecule is CN1CC=C(N)c2cnccc2C1c1ccc(O)cc1O. The number of hydrogen-bond acceptors (Lipinski definition) is 5. The highest BCUT2D eigenvalue weighted by atomic mass is 16.3. The number of phenolic OH excluding ortho intramolecular Hbond substituents is 2. The number of hydrogen-bond donors (Lipinski definition) is 3. The van der Waals surface area contributed by atoms with E-state index in [0.717, 1.165) is 16.7 Å². The van der Waals surface area contributed by atoms with E-state index in [-0.39, 0.29) is 17.5 Å². The molecular weight excluding hydrogens is 266 g/mol. The quantitative estimate of drug-likeness (QED) is 0.743. The summed E-state index contributed by atoms with van der Waals surface area (Å²) in [6.07, 6.45) is 5.40. The molecule has 0 bridgehead atoms. The monoisotopic (exact) mass is 283 g/mol. The summed E-state index contributed by atoms with van der Waals surface area (Å²) in [5.41, 5.74) is 9.38. The first-order valence-corrected chi connectivity index (χ1v) is 6.70. The van der Waals surface area contributed by atoms with E-state index in [9.17, 15) is 10.2 Å². The van der Waals surface area contributed by atoms with Crippen molar-refractivity contribution in [2.45, 2.75) is 6.04 Å². The number of fused-ring (bicyclic) bond motifs is 1. The van der Waals surface area contributed by atoms with Crippen LogP contribution in [0.1, 0.15) is 22.7 Å². The summed E-state index contributed by atoms with van der Waals surface area (Å²) in [7, 11) is 1.97. The Hall–Kier alpha value is -2.53. The molecule has 4 N–H and O–H groups in total. The predicted octanol–water partition coefficient (Wildman–Crippen LogP) is 1.83. The predicted molar refractivity (Wildman–Crippen MR) is 80.6 cm³/mol. The van der Waals surface area contributed by atoms with Crippen LogP contribution in [-0.4, -0.2) is 33.7 Å². The number of aromatic hydroxyl groups is 2. The van der Waals surface area contributed by atoms with Gasteiger partial charge in [0.05, 0.1) is 6.04 Å². The maximum Gasteiger partial charge on any atom is 0.124 e. The second kappa shape index (κ2) is 5.10. The molecule has 5 heteroatoms. The Kier molecular flexibility index (Phi) is 3.27. The van der Waals surface area contributed by atoms with Gasteiger partial charge in [-0.2, -0.15) is 0 Å². The molecule has 2 heterocycles. The van der Waals surface area contributed by atoms with Gasteiger partial charge in [0.2, 0.25) is 0 Å². The first-order valence-electron chi connectivity index (χ1n) is 6.70. The van der Waals surface area contributed by atoms with Crippen molar-refractivity contribution < 1.29 is 10.2 Å². The Morgan fingerprint density at radius 1 is 1.24 bits per heavy atom. The van der Waals surface area contributed by atoms with E-state index in [1.165, 1.54) is 6.07 Å². The molecule has 21 heavy (non-hydrogen) atoms. The molecule has 1 aromatic heterocycles. The summed E-state index contributed by atoms with van der Waals surface area (Å²) in [4.78, 5) is 6.23. The highest BCUT2D eigenvalue weighted by molar-refractivity contribution is 5.67. The highest BCUT2D eigenvalue weighted by Gasteiger charge is 2.27. The Labute approximate surface area is 123 Å². The molecule has 0 spiro atoms. The molecule has 1 aliphatic rings. The molecule has 5 nitrogen and oxygen atoms in total. The van der Waals surface area contributed by atoms with Crippen LogP contribution >= 0.6 is 0 Å². The second-order valence-electron chi connectivity index (χ2n) is 5.21. The van der Waals surface area contributed by atoms with Crippen LogP contribution in [0.4, 0.5) is 0 Å².